The Hall–Kier alpha value is -0.160. The van der Waals surface area contributed by atoms with Crippen LogP contribution in [0, 0.1) is 9.39 Å². The van der Waals surface area contributed by atoms with E-state index in [1.54, 1.807) is 0 Å². The summed E-state index contributed by atoms with van der Waals surface area (Å²) in [5.41, 5.74) is 0.341. The van der Waals surface area contributed by atoms with E-state index in [0.29, 0.717) is 9.13 Å². The van der Waals surface area contributed by atoms with E-state index >= 15 is 0 Å². The molecule has 0 spiro atoms. The van der Waals surface area contributed by atoms with Crippen molar-refractivity contribution in [1.29, 1.82) is 0 Å². The van der Waals surface area contributed by atoms with Crippen molar-refractivity contribution in [3.05, 3.63) is 33.1 Å². The van der Waals surface area contributed by atoms with Gasteiger partial charge in [-0.25, -0.2) is 4.39 Å². The Bertz CT molecular complexity index is 300. The minimum atomic E-state index is -0.561. The zero-order chi connectivity index (χ0) is 8.43. The molecule has 1 aromatic rings. The lowest BCUT2D eigenvalue weighted by molar-refractivity contribution is 0.108. The number of rotatable bonds is 1. The fourth-order valence-corrected chi connectivity index (χ4v) is 1.70. The lowest BCUT2D eigenvalue weighted by atomic mass is 10.2. The third-order valence-electron chi connectivity index (χ3n) is 1.14. The molecule has 0 saturated carbocycles. The van der Waals surface area contributed by atoms with E-state index < -0.39 is 5.24 Å². The van der Waals surface area contributed by atoms with Gasteiger partial charge in [0.15, 0.2) is 0 Å². The van der Waals surface area contributed by atoms with Crippen LogP contribution >= 0.6 is 34.2 Å². The van der Waals surface area contributed by atoms with Crippen molar-refractivity contribution in [2.24, 2.45) is 0 Å². The molecule has 0 unspecified atom stereocenters. The summed E-state index contributed by atoms with van der Waals surface area (Å²) in [6.45, 7) is 0. The van der Waals surface area contributed by atoms with Gasteiger partial charge in [-0.1, -0.05) is 0 Å². The van der Waals surface area contributed by atoms with Gasteiger partial charge in [0.25, 0.3) is 5.24 Å². The van der Waals surface area contributed by atoms with Crippen molar-refractivity contribution >= 4 is 39.4 Å². The average molecular weight is 284 g/mol. The molecule has 4 heteroatoms. The Balaban J connectivity index is 3.20. The van der Waals surface area contributed by atoms with Gasteiger partial charge < -0.3 is 0 Å². The van der Waals surface area contributed by atoms with Crippen molar-refractivity contribution in [1.82, 2.24) is 0 Å². The fourth-order valence-electron chi connectivity index (χ4n) is 0.649. The first-order valence-electron chi connectivity index (χ1n) is 2.76. The first kappa shape index (κ1) is 8.93. The summed E-state index contributed by atoms with van der Waals surface area (Å²) in [5.74, 6) is -0.365. The van der Waals surface area contributed by atoms with E-state index in [4.69, 9.17) is 11.6 Å². The molecule has 0 bridgehead atoms. The molecular formula is C7H3ClFIO. The molecule has 0 atom stereocenters. The lowest BCUT2D eigenvalue weighted by Gasteiger charge is -1.96. The van der Waals surface area contributed by atoms with Crippen LogP contribution in [0.25, 0.3) is 0 Å². The number of benzene rings is 1. The maximum absolute atomic E-state index is 12.5. The molecule has 0 aliphatic heterocycles. The van der Waals surface area contributed by atoms with E-state index in [1.807, 2.05) is 22.6 Å². The summed E-state index contributed by atoms with van der Waals surface area (Å²) >= 11 is 7.05. The molecule has 0 fully saturated rings. The van der Waals surface area contributed by atoms with Crippen LogP contribution in [-0.2, 0) is 0 Å². The van der Waals surface area contributed by atoms with Gasteiger partial charge in [-0.15, -0.1) is 0 Å². The molecule has 58 valence electrons. The first-order chi connectivity index (χ1) is 5.11. The van der Waals surface area contributed by atoms with Crippen LogP contribution in [-0.4, -0.2) is 5.24 Å². The van der Waals surface area contributed by atoms with Gasteiger partial charge in [-0.3, -0.25) is 4.79 Å². The molecular weight excluding hydrogens is 281 g/mol. The Morgan fingerprint density at radius 3 is 2.64 bits per heavy atom. The van der Waals surface area contributed by atoms with Gasteiger partial charge in [-0.05, 0) is 52.4 Å². The molecule has 0 aliphatic carbocycles. The minimum Gasteiger partial charge on any atom is -0.276 e. The summed E-state index contributed by atoms with van der Waals surface area (Å²) < 4.78 is 13.0. The van der Waals surface area contributed by atoms with Crippen LogP contribution in [0.2, 0.25) is 0 Å². The Morgan fingerprint density at radius 1 is 1.55 bits per heavy atom. The quantitative estimate of drug-likeness (QED) is 0.572. The van der Waals surface area contributed by atoms with Gasteiger partial charge in [0, 0.05) is 9.13 Å². The smallest absolute Gasteiger partial charge is 0.253 e. The monoisotopic (exact) mass is 284 g/mol. The topological polar surface area (TPSA) is 17.1 Å². The normalized spacial score (nSPS) is 9.73. The largest absolute Gasteiger partial charge is 0.276 e. The fraction of sp³-hybridized carbons (Fsp3) is 0. The Labute approximate surface area is 81.7 Å². The van der Waals surface area contributed by atoms with E-state index in [1.165, 1.54) is 18.2 Å². The second-order valence-electron chi connectivity index (χ2n) is 1.90. The van der Waals surface area contributed by atoms with Gasteiger partial charge in [0.1, 0.15) is 5.82 Å². The lowest BCUT2D eigenvalue weighted by Crippen LogP contribution is -1.93. The molecule has 0 N–H and O–H groups in total. The Morgan fingerprint density at radius 2 is 2.18 bits per heavy atom. The van der Waals surface area contributed by atoms with Crippen LogP contribution in [0.4, 0.5) is 4.39 Å². The third-order valence-corrected chi connectivity index (χ3v) is 2.24. The molecule has 0 aliphatic rings. The summed E-state index contributed by atoms with van der Waals surface area (Å²) in [5, 5.41) is -0.561. The van der Waals surface area contributed by atoms with E-state index in [-0.39, 0.29) is 5.82 Å². The molecule has 1 nitrogen and oxygen atoms in total. The summed E-state index contributed by atoms with van der Waals surface area (Å²) in [6, 6.07) is 3.83. The minimum absolute atomic E-state index is 0.341. The summed E-state index contributed by atoms with van der Waals surface area (Å²) in [7, 11) is 0. The van der Waals surface area contributed by atoms with Gasteiger partial charge in [0.2, 0.25) is 0 Å². The molecule has 0 amide bonds. The predicted molar refractivity (Wildman–Crippen MR) is 49.3 cm³/mol. The van der Waals surface area contributed by atoms with Crippen molar-refractivity contribution in [2.75, 3.05) is 0 Å². The second-order valence-corrected chi connectivity index (χ2v) is 3.40. The maximum Gasteiger partial charge on any atom is 0.253 e. The maximum atomic E-state index is 12.5. The Kier molecular flexibility index (Phi) is 2.84. The zero-order valence-electron chi connectivity index (χ0n) is 5.27. The van der Waals surface area contributed by atoms with Gasteiger partial charge in [-0.2, -0.15) is 0 Å². The number of hydrogen-bond donors (Lipinski definition) is 0. The number of hydrogen-bond acceptors (Lipinski definition) is 1. The molecule has 1 rings (SSSR count). The van der Waals surface area contributed by atoms with Crippen molar-refractivity contribution in [3.63, 3.8) is 0 Å². The number of carbonyl (C=O) groups excluding carboxylic acids is 1. The van der Waals surface area contributed by atoms with Crippen LogP contribution in [0.15, 0.2) is 18.2 Å². The molecule has 0 radical (unpaired) electrons. The van der Waals surface area contributed by atoms with Gasteiger partial charge >= 0.3 is 0 Å². The number of carbonyl (C=O) groups is 1. The molecule has 11 heavy (non-hydrogen) atoms. The van der Waals surface area contributed by atoms with Crippen LogP contribution in [0.3, 0.4) is 0 Å². The average Bonchev–Trinajstić information content (AvgIpc) is 1.85. The van der Waals surface area contributed by atoms with E-state index in [9.17, 15) is 9.18 Å². The summed E-state index contributed by atoms with van der Waals surface area (Å²) in [6.07, 6.45) is 0. The van der Waals surface area contributed by atoms with Crippen molar-refractivity contribution < 1.29 is 9.18 Å². The zero-order valence-corrected chi connectivity index (χ0v) is 8.19. The van der Waals surface area contributed by atoms with E-state index in [2.05, 4.69) is 0 Å². The standard InChI is InChI=1S/C7H3ClFIO/c8-7(11)5-2-1-4(9)3-6(5)10/h1-3H. The van der Waals surface area contributed by atoms with Crippen LogP contribution in [0.5, 0.6) is 0 Å². The highest BCUT2D eigenvalue weighted by atomic mass is 127. The van der Waals surface area contributed by atoms with Crippen molar-refractivity contribution in [3.8, 4) is 0 Å². The molecule has 1 aromatic carbocycles. The molecule has 0 aromatic heterocycles. The van der Waals surface area contributed by atoms with Crippen molar-refractivity contribution in [2.45, 2.75) is 0 Å². The van der Waals surface area contributed by atoms with E-state index in [0.717, 1.165) is 0 Å². The number of halogens is 3. The van der Waals surface area contributed by atoms with Crippen LogP contribution in [0.1, 0.15) is 10.4 Å². The molecule has 0 saturated heterocycles. The highest BCUT2D eigenvalue weighted by Crippen LogP contribution is 2.15. The summed E-state index contributed by atoms with van der Waals surface area (Å²) in [4.78, 5) is 10.6. The third kappa shape index (κ3) is 2.13. The highest BCUT2D eigenvalue weighted by Gasteiger charge is 2.06. The predicted octanol–water partition coefficient (Wildman–Crippen LogP) is 2.81. The first-order valence-corrected chi connectivity index (χ1v) is 4.22. The second kappa shape index (κ2) is 3.49. The molecule has 0 heterocycles. The van der Waals surface area contributed by atoms with Crippen LogP contribution < -0.4 is 0 Å². The SMILES string of the molecule is O=C(Cl)c1ccc(F)cc1I. The van der Waals surface area contributed by atoms with Gasteiger partial charge in [0.05, 0.1) is 0 Å². The highest BCUT2D eigenvalue weighted by molar-refractivity contribution is 14.1.